The molecule has 2 N–H and O–H groups in total. The van der Waals surface area contributed by atoms with Crippen molar-refractivity contribution in [3.8, 4) is 0 Å². The van der Waals surface area contributed by atoms with Gasteiger partial charge in [-0.15, -0.1) is 11.8 Å². The molecule has 19 heavy (non-hydrogen) atoms. The van der Waals surface area contributed by atoms with Crippen molar-refractivity contribution in [2.24, 2.45) is 0 Å². The third-order valence-corrected chi connectivity index (χ3v) is 3.54. The molecule has 1 heterocycles. The third kappa shape index (κ3) is 4.75. The summed E-state index contributed by atoms with van der Waals surface area (Å²) in [6.07, 6.45) is 1.42. The molecule has 0 spiro atoms. The summed E-state index contributed by atoms with van der Waals surface area (Å²) in [4.78, 5) is 15.5. The van der Waals surface area contributed by atoms with Gasteiger partial charge in [-0.05, 0) is 12.5 Å². The minimum atomic E-state index is 0.00788. The van der Waals surface area contributed by atoms with E-state index < -0.39 is 0 Å². The number of rotatable bonds is 6. The van der Waals surface area contributed by atoms with Gasteiger partial charge in [0.05, 0.1) is 12.3 Å². The van der Waals surface area contributed by atoms with Gasteiger partial charge in [-0.3, -0.25) is 9.89 Å². The zero-order valence-corrected chi connectivity index (χ0v) is 11.5. The van der Waals surface area contributed by atoms with Crippen molar-refractivity contribution in [2.75, 3.05) is 5.75 Å². The average molecular weight is 276 g/mol. The van der Waals surface area contributed by atoms with Gasteiger partial charge in [0.15, 0.2) is 0 Å². The fourth-order valence-electron chi connectivity index (χ4n) is 1.50. The summed E-state index contributed by atoms with van der Waals surface area (Å²) in [5.41, 5.74) is 2.48. The van der Waals surface area contributed by atoms with Crippen LogP contribution in [-0.4, -0.2) is 26.8 Å². The Balaban J connectivity index is 1.65. The Labute approximate surface area is 116 Å². The van der Waals surface area contributed by atoms with Crippen LogP contribution in [0.2, 0.25) is 0 Å². The number of carbonyl (C=O) groups excluding carboxylic acids is 1. The largest absolute Gasteiger partial charge is 0.348 e. The van der Waals surface area contributed by atoms with Gasteiger partial charge in [0, 0.05) is 5.75 Å². The molecule has 0 fully saturated rings. The number of nitrogens with zero attached hydrogens (tertiary/aromatic N) is 2. The lowest BCUT2D eigenvalue weighted by Gasteiger charge is -2.04. The van der Waals surface area contributed by atoms with E-state index in [4.69, 9.17) is 0 Å². The number of hydrogen-bond acceptors (Lipinski definition) is 4. The molecule has 0 unspecified atom stereocenters. The van der Waals surface area contributed by atoms with Crippen molar-refractivity contribution in [3.63, 3.8) is 0 Å². The van der Waals surface area contributed by atoms with Gasteiger partial charge in [0.1, 0.15) is 12.2 Å². The smallest absolute Gasteiger partial charge is 0.230 e. The van der Waals surface area contributed by atoms with E-state index in [2.05, 4.69) is 51.7 Å². The van der Waals surface area contributed by atoms with Gasteiger partial charge in [-0.1, -0.05) is 29.8 Å². The molecule has 0 aliphatic heterocycles. The zero-order chi connectivity index (χ0) is 13.5. The fourth-order valence-corrected chi connectivity index (χ4v) is 2.31. The standard InChI is InChI=1S/C13H16N4OS/c1-10-2-4-11(5-3-10)7-19-8-13(18)14-6-12-15-9-16-17-12/h2-5,9H,6-8H2,1H3,(H,14,18)(H,15,16,17). The molecule has 100 valence electrons. The Morgan fingerprint density at radius 3 is 2.84 bits per heavy atom. The summed E-state index contributed by atoms with van der Waals surface area (Å²) < 4.78 is 0. The van der Waals surface area contributed by atoms with Crippen LogP contribution in [0.15, 0.2) is 30.6 Å². The molecule has 0 atom stereocenters. The van der Waals surface area contributed by atoms with Gasteiger partial charge in [0.2, 0.25) is 5.91 Å². The number of thioether (sulfide) groups is 1. The SMILES string of the molecule is Cc1ccc(CSCC(=O)NCc2ncn[nH]2)cc1. The normalized spacial score (nSPS) is 10.4. The average Bonchev–Trinajstić information content (AvgIpc) is 2.92. The van der Waals surface area contributed by atoms with Crippen LogP contribution in [0, 0.1) is 6.92 Å². The first-order valence-electron chi connectivity index (χ1n) is 5.98. The minimum Gasteiger partial charge on any atom is -0.348 e. The number of hydrogen-bond donors (Lipinski definition) is 2. The molecule has 0 aliphatic rings. The highest BCUT2D eigenvalue weighted by atomic mass is 32.2. The highest BCUT2D eigenvalue weighted by Gasteiger charge is 2.03. The third-order valence-electron chi connectivity index (χ3n) is 2.54. The highest BCUT2D eigenvalue weighted by Crippen LogP contribution is 2.12. The first-order chi connectivity index (χ1) is 9.24. The topological polar surface area (TPSA) is 70.7 Å². The summed E-state index contributed by atoms with van der Waals surface area (Å²) in [7, 11) is 0. The lowest BCUT2D eigenvalue weighted by atomic mass is 10.2. The molecular weight excluding hydrogens is 260 g/mol. The molecule has 1 aromatic heterocycles. The number of amides is 1. The van der Waals surface area contributed by atoms with Crippen LogP contribution in [0.1, 0.15) is 17.0 Å². The van der Waals surface area contributed by atoms with Crippen LogP contribution >= 0.6 is 11.8 Å². The lowest BCUT2D eigenvalue weighted by molar-refractivity contribution is -0.118. The van der Waals surface area contributed by atoms with Crippen LogP contribution < -0.4 is 5.32 Å². The molecule has 1 aromatic carbocycles. The highest BCUT2D eigenvalue weighted by molar-refractivity contribution is 7.99. The number of aromatic nitrogens is 3. The first kappa shape index (κ1) is 13.6. The van der Waals surface area contributed by atoms with E-state index in [-0.39, 0.29) is 5.91 Å². The molecule has 1 amide bonds. The van der Waals surface area contributed by atoms with E-state index in [1.54, 1.807) is 11.8 Å². The van der Waals surface area contributed by atoms with Crippen molar-refractivity contribution in [1.82, 2.24) is 20.5 Å². The van der Waals surface area contributed by atoms with E-state index >= 15 is 0 Å². The lowest BCUT2D eigenvalue weighted by Crippen LogP contribution is -2.25. The maximum atomic E-state index is 11.6. The van der Waals surface area contributed by atoms with Crippen LogP contribution in [-0.2, 0) is 17.1 Å². The Morgan fingerprint density at radius 2 is 2.16 bits per heavy atom. The van der Waals surface area contributed by atoms with Crippen LogP contribution in [0.4, 0.5) is 0 Å². The molecule has 0 bridgehead atoms. The summed E-state index contributed by atoms with van der Waals surface area (Å²) >= 11 is 1.60. The van der Waals surface area contributed by atoms with Gasteiger partial charge in [-0.2, -0.15) is 5.10 Å². The Kier molecular flexibility index (Phi) is 4.97. The van der Waals surface area contributed by atoms with Crippen molar-refractivity contribution in [2.45, 2.75) is 19.2 Å². The maximum Gasteiger partial charge on any atom is 0.230 e. The summed E-state index contributed by atoms with van der Waals surface area (Å²) in [5, 5.41) is 9.20. The number of aromatic amines is 1. The Morgan fingerprint density at radius 1 is 1.37 bits per heavy atom. The Hall–Kier alpha value is -1.82. The predicted octanol–water partition coefficient (Wildman–Crippen LogP) is 1.66. The van der Waals surface area contributed by atoms with Crippen LogP contribution in [0.3, 0.4) is 0 Å². The molecule has 2 rings (SSSR count). The van der Waals surface area contributed by atoms with E-state index in [0.29, 0.717) is 18.1 Å². The van der Waals surface area contributed by atoms with Crippen molar-refractivity contribution < 1.29 is 4.79 Å². The number of carbonyl (C=O) groups is 1. The quantitative estimate of drug-likeness (QED) is 0.842. The number of aryl methyl sites for hydroxylation is 1. The molecule has 0 saturated heterocycles. The van der Waals surface area contributed by atoms with E-state index in [9.17, 15) is 4.79 Å². The van der Waals surface area contributed by atoms with E-state index in [1.807, 2.05) is 0 Å². The minimum absolute atomic E-state index is 0.00788. The molecule has 6 heteroatoms. The van der Waals surface area contributed by atoms with E-state index in [1.165, 1.54) is 17.5 Å². The number of benzene rings is 1. The van der Waals surface area contributed by atoms with Crippen LogP contribution in [0.25, 0.3) is 0 Å². The second-order valence-corrected chi connectivity index (χ2v) is 5.17. The molecule has 0 radical (unpaired) electrons. The van der Waals surface area contributed by atoms with E-state index in [0.717, 1.165) is 5.75 Å². The fraction of sp³-hybridized carbons (Fsp3) is 0.308. The molecule has 0 aliphatic carbocycles. The van der Waals surface area contributed by atoms with Gasteiger partial charge >= 0.3 is 0 Å². The molecule has 0 saturated carbocycles. The summed E-state index contributed by atoms with van der Waals surface area (Å²) in [5.74, 6) is 1.96. The number of nitrogens with one attached hydrogen (secondary N) is 2. The van der Waals surface area contributed by atoms with Gasteiger partial charge < -0.3 is 5.32 Å². The predicted molar refractivity (Wildman–Crippen MR) is 75.6 cm³/mol. The first-order valence-corrected chi connectivity index (χ1v) is 7.14. The monoisotopic (exact) mass is 276 g/mol. The van der Waals surface area contributed by atoms with Gasteiger partial charge in [-0.25, -0.2) is 4.98 Å². The van der Waals surface area contributed by atoms with Gasteiger partial charge in [0.25, 0.3) is 0 Å². The van der Waals surface area contributed by atoms with Crippen molar-refractivity contribution >= 4 is 17.7 Å². The van der Waals surface area contributed by atoms with Crippen molar-refractivity contribution in [3.05, 3.63) is 47.5 Å². The Bertz CT molecular complexity index is 510. The van der Waals surface area contributed by atoms with Crippen LogP contribution in [0.5, 0.6) is 0 Å². The number of H-pyrrole nitrogens is 1. The second-order valence-electron chi connectivity index (χ2n) is 4.19. The summed E-state index contributed by atoms with van der Waals surface area (Å²) in [6.45, 7) is 2.46. The zero-order valence-electron chi connectivity index (χ0n) is 10.7. The summed E-state index contributed by atoms with van der Waals surface area (Å²) in [6, 6.07) is 8.35. The molecular formula is C13H16N4OS. The molecule has 2 aromatic rings. The molecule has 5 nitrogen and oxygen atoms in total. The van der Waals surface area contributed by atoms with Crippen molar-refractivity contribution in [1.29, 1.82) is 0 Å². The second kappa shape index (κ2) is 6.94. The maximum absolute atomic E-state index is 11.6.